The lowest BCUT2D eigenvalue weighted by Crippen LogP contribution is -2.05. The minimum Gasteiger partial charge on any atom is -0.386 e. The van der Waals surface area contributed by atoms with Crippen molar-refractivity contribution in [3.8, 4) is 0 Å². The Hall–Kier alpha value is -0.240. The quantitative estimate of drug-likeness (QED) is 0.712. The van der Waals surface area contributed by atoms with Crippen molar-refractivity contribution in [2.24, 2.45) is 0 Å². The van der Waals surface area contributed by atoms with Gasteiger partial charge in [-0.05, 0) is 5.56 Å². The normalized spacial score (nSPS) is 13.5. The molecule has 0 fully saturated rings. The van der Waals surface area contributed by atoms with Gasteiger partial charge in [0.05, 0.1) is 0 Å². The Balaban J connectivity index is 2.77. The van der Waals surface area contributed by atoms with E-state index in [0.717, 1.165) is 5.56 Å². The lowest BCUT2D eigenvalue weighted by atomic mass is 10.1. The van der Waals surface area contributed by atoms with Gasteiger partial charge in [-0.1, -0.05) is 30.3 Å². The molecule has 1 nitrogen and oxygen atoms in total. The highest BCUT2D eigenvalue weighted by atomic mass is 35.5. The molecule has 0 aliphatic rings. The second-order valence-electron chi connectivity index (χ2n) is 2.19. The monoisotopic (exact) mass is 190 g/mol. The Bertz CT molecular complexity index is 211. The number of hydrogen-bond donors (Lipinski definition) is 1. The van der Waals surface area contributed by atoms with Crippen molar-refractivity contribution in [2.45, 2.75) is 10.9 Å². The molecule has 1 aromatic rings. The van der Waals surface area contributed by atoms with Gasteiger partial charge in [0.25, 0.3) is 0 Å². The lowest BCUT2D eigenvalue weighted by molar-refractivity contribution is 0.193. The molecule has 0 unspecified atom stereocenters. The van der Waals surface area contributed by atoms with E-state index in [4.69, 9.17) is 23.2 Å². The summed E-state index contributed by atoms with van der Waals surface area (Å²) in [4.78, 5) is -0.766. The number of alkyl halides is 2. The third kappa shape index (κ3) is 2.37. The van der Waals surface area contributed by atoms with E-state index < -0.39 is 10.9 Å². The molecule has 0 aromatic heterocycles. The van der Waals surface area contributed by atoms with E-state index in [1.54, 1.807) is 12.1 Å². The van der Waals surface area contributed by atoms with Crippen LogP contribution in [-0.2, 0) is 0 Å². The molecule has 1 atom stereocenters. The van der Waals surface area contributed by atoms with Crippen molar-refractivity contribution < 1.29 is 5.11 Å². The highest BCUT2D eigenvalue weighted by Crippen LogP contribution is 2.22. The average Bonchev–Trinajstić information content (AvgIpc) is 2.05. The molecule has 3 heteroatoms. The summed E-state index contributed by atoms with van der Waals surface area (Å²) in [7, 11) is 0. The Morgan fingerprint density at radius 1 is 1.09 bits per heavy atom. The van der Waals surface area contributed by atoms with Crippen LogP contribution in [0, 0.1) is 0 Å². The predicted octanol–water partition coefficient (Wildman–Crippen LogP) is 2.52. The molecule has 0 heterocycles. The first-order valence-electron chi connectivity index (χ1n) is 3.23. The number of aliphatic hydroxyl groups is 1. The minimum atomic E-state index is -0.792. The van der Waals surface area contributed by atoms with Crippen LogP contribution in [0.2, 0.25) is 0 Å². The number of aliphatic hydroxyl groups excluding tert-OH is 1. The van der Waals surface area contributed by atoms with Crippen LogP contribution in [0.3, 0.4) is 0 Å². The summed E-state index contributed by atoms with van der Waals surface area (Å²) >= 11 is 11.0. The molecular formula is C8H8Cl2O. The maximum atomic E-state index is 9.33. The fourth-order valence-corrected chi connectivity index (χ4v) is 1.09. The van der Waals surface area contributed by atoms with Crippen LogP contribution in [0.4, 0.5) is 0 Å². The van der Waals surface area contributed by atoms with Crippen LogP contribution in [0.5, 0.6) is 0 Å². The van der Waals surface area contributed by atoms with Gasteiger partial charge in [-0.2, -0.15) is 0 Å². The van der Waals surface area contributed by atoms with Gasteiger partial charge in [-0.3, -0.25) is 0 Å². The zero-order valence-corrected chi connectivity index (χ0v) is 7.26. The van der Waals surface area contributed by atoms with Gasteiger partial charge in [0.1, 0.15) is 10.9 Å². The van der Waals surface area contributed by atoms with Crippen LogP contribution in [0.1, 0.15) is 11.7 Å². The standard InChI is InChI=1S/C8H8Cl2O/c9-8(10)7(11)6-4-2-1-3-5-6/h1-5,7-8,11H/t7-/m0/s1. The minimum absolute atomic E-state index is 0.738. The summed E-state index contributed by atoms with van der Waals surface area (Å²) in [6.45, 7) is 0. The number of hydrogen-bond acceptors (Lipinski definition) is 1. The molecule has 11 heavy (non-hydrogen) atoms. The lowest BCUT2D eigenvalue weighted by Gasteiger charge is -2.10. The van der Waals surface area contributed by atoms with E-state index in [-0.39, 0.29) is 0 Å². The smallest absolute Gasteiger partial charge is 0.137 e. The van der Waals surface area contributed by atoms with Crippen molar-refractivity contribution in [3.63, 3.8) is 0 Å². The van der Waals surface area contributed by atoms with Gasteiger partial charge in [0.2, 0.25) is 0 Å². The zero-order chi connectivity index (χ0) is 8.27. The number of rotatable bonds is 2. The zero-order valence-electron chi connectivity index (χ0n) is 5.74. The van der Waals surface area contributed by atoms with E-state index >= 15 is 0 Å². The second kappa shape index (κ2) is 3.96. The third-order valence-corrected chi connectivity index (χ3v) is 1.86. The topological polar surface area (TPSA) is 20.2 Å². The molecule has 0 spiro atoms. The maximum Gasteiger partial charge on any atom is 0.137 e. The Kier molecular flexibility index (Phi) is 3.18. The molecular weight excluding hydrogens is 183 g/mol. The molecule has 0 saturated carbocycles. The van der Waals surface area contributed by atoms with Crippen LogP contribution in [0.15, 0.2) is 30.3 Å². The molecule has 1 rings (SSSR count). The van der Waals surface area contributed by atoms with Gasteiger partial charge in [-0.15, -0.1) is 23.2 Å². The molecule has 60 valence electrons. The largest absolute Gasteiger partial charge is 0.386 e. The van der Waals surface area contributed by atoms with Crippen molar-refractivity contribution in [2.75, 3.05) is 0 Å². The first kappa shape index (κ1) is 8.85. The van der Waals surface area contributed by atoms with Gasteiger partial charge < -0.3 is 5.11 Å². The van der Waals surface area contributed by atoms with Crippen molar-refractivity contribution in [1.82, 2.24) is 0 Å². The Morgan fingerprint density at radius 3 is 2.09 bits per heavy atom. The average molecular weight is 191 g/mol. The van der Waals surface area contributed by atoms with Gasteiger partial charge in [-0.25, -0.2) is 0 Å². The van der Waals surface area contributed by atoms with E-state index in [2.05, 4.69) is 0 Å². The van der Waals surface area contributed by atoms with Crippen molar-refractivity contribution >= 4 is 23.2 Å². The molecule has 0 bridgehead atoms. The van der Waals surface area contributed by atoms with Crippen molar-refractivity contribution in [1.29, 1.82) is 0 Å². The number of halogens is 2. The summed E-state index contributed by atoms with van der Waals surface area (Å²) in [5.41, 5.74) is 0.738. The van der Waals surface area contributed by atoms with Crippen LogP contribution in [-0.4, -0.2) is 9.94 Å². The second-order valence-corrected chi connectivity index (χ2v) is 3.35. The van der Waals surface area contributed by atoms with Gasteiger partial charge in [0.15, 0.2) is 0 Å². The molecule has 1 N–H and O–H groups in total. The predicted molar refractivity (Wildman–Crippen MR) is 46.9 cm³/mol. The SMILES string of the molecule is O[C@@H](c1ccccc1)C(Cl)Cl. The number of benzene rings is 1. The van der Waals surface area contributed by atoms with Crippen molar-refractivity contribution in [3.05, 3.63) is 35.9 Å². The van der Waals surface area contributed by atoms with E-state index in [9.17, 15) is 5.11 Å². The summed E-state index contributed by atoms with van der Waals surface area (Å²) < 4.78 is 0. The van der Waals surface area contributed by atoms with Crippen LogP contribution >= 0.6 is 23.2 Å². The molecule has 1 aromatic carbocycles. The van der Waals surface area contributed by atoms with E-state index in [1.807, 2.05) is 18.2 Å². The third-order valence-electron chi connectivity index (χ3n) is 1.38. The summed E-state index contributed by atoms with van der Waals surface area (Å²) in [6, 6.07) is 9.09. The summed E-state index contributed by atoms with van der Waals surface area (Å²) in [5, 5.41) is 9.33. The fraction of sp³-hybridized carbons (Fsp3) is 0.250. The first-order chi connectivity index (χ1) is 5.22. The maximum absolute atomic E-state index is 9.33. The highest BCUT2D eigenvalue weighted by molar-refractivity contribution is 6.44. The van der Waals surface area contributed by atoms with Crippen LogP contribution < -0.4 is 0 Å². The van der Waals surface area contributed by atoms with Gasteiger partial charge in [0, 0.05) is 0 Å². The Morgan fingerprint density at radius 2 is 1.64 bits per heavy atom. The van der Waals surface area contributed by atoms with Gasteiger partial charge >= 0.3 is 0 Å². The highest BCUT2D eigenvalue weighted by Gasteiger charge is 2.14. The summed E-state index contributed by atoms with van der Waals surface area (Å²) in [6.07, 6.45) is -0.792. The van der Waals surface area contributed by atoms with Crippen LogP contribution in [0.25, 0.3) is 0 Å². The first-order valence-corrected chi connectivity index (χ1v) is 4.10. The molecule has 0 radical (unpaired) electrons. The summed E-state index contributed by atoms with van der Waals surface area (Å²) in [5.74, 6) is 0. The molecule has 0 amide bonds. The molecule has 0 aliphatic carbocycles. The molecule has 0 saturated heterocycles. The fourth-order valence-electron chi connectivity index (χ4n) is 0.796. The van der Waals surface area contributed by atoms with E-state index in [1.165, 1.54) is 0 Å². The Labute approximate surface area is 75.6 Å². The van der Waals surface area contributed by atoms with E-state index in [0.29, 0.717) is 0 Å². The molecule has 0 aliphatic heterocycles.